The molecule has 0 aliphatic rings. The number of nitrogens with two attached hydrogens (primary N) is 1. The normalized spacial score (nSPS) is 14.4. The Bertz CT molecular complexity index is 1040. The van der Waals surface area contributed by atoms with Crippen LogP contribution in [0.5, 0.6) is 0 Å². The van der Waals surface area contributed by atoms with E-state index in [-0.39, 0.29) is 31.1 Å². The van der Waals surface area contributed by atoms with Gasteiger partial charge in [0, 0.05) is 24.7 Å². The van der Waals surface area contributed by atoms with Crippen molar-refractivity contribution in [3.8, 4) is 0 Å². The summed E-state index contributed by atoms with van der Waals surface area (Å²) in [6.45, 7) is 7.55. The highest BCUT2D eigenvalue weighted by atomic mass is 16.4. The molecule has 0 radical (unpaired) electrons. The number of hydrogen-bond acceptors (Lipinski definition) is 6. The summed E-state index contributed by atoms with van der Waals surface area (Å²) in [6, 6.07) is 5.10. The van der Waals surface area contributed by atoms with Crippen LogP contribution in [-0.4, -0.2) is 62.9 Å². The minimum absolute atomic E-state index is 0.0372. The molecule has 0 spiro atoms. The van der Waals surface area contributed by atoms with E-state index in [4.69, 9.17) is 5.73 Å². The first-order valence-electron chi connectivity index (χ1n) is 12.9. The highest BCUT2D eigenvalue weighted by molar-refractivity contribution is 5.94. The van der Waals surface area contributed by atoms with Crippen molar-refractivity contribution in [2.45, 2.75) is 77.5 Å². The second kappa shape index (κ2) is 14.9. The second-order valence-corrected chi connectivity index (χ2v) is 10.4. The fraction of sp³-hybridized carbons (Fsp3) is 0.519. The number of aromatic amines is 1. The summed E-state index contributed by atoms with van der Waals surface area (Å²) < 4.78 is 0. The van der Waals surface area contributed by atoms with Crippen molar-refractivity contribution in [2.75, 3.05) is 0 Å². The van der Waals surface area contributed by atoms with Crippen LogP contribution in [0.15, 0.2) is 42.9 Å². The molecule has 2 rings (SSSR count). The number of nitrogens with zero attached hydrogens (tertiary/aromatic N) is 1. The first-order chi connectivity index (χ1) is 18.0. The zero-order valence-corrected chi connectivity index (χ0v) is 22.4. The molecular formula is C27H40N6O5. The van der Waals surface area contributed by atoms with Crippen molar-refractivity contribution < 1.29 is 24.3 Å². The van der Waals surface area contributed by atoms with Gasteiger partial charge in [0.05, 0.1) is 12.4 Å². The van der Waals surface area contributed by atoms with Gasteiger partial charge < -0.3 is 31.8 Å². The summed E-state index contributed by atoms with van der Waals surface area (Å²) in [6.07, 6.45) is 3.98. The number of rotatable bonds is 15. The Morgan fingerprint density at radius 1 is 0.842 bits per heavy atom. The van der Waals surface area contributed by atoms with E-state index in [9.17, 15) is 24.3 Å². The van der Waals surface area contributed by atoms with Gasteiger partial charge in [-0.25, -0.2) is 9.78 Å². The molecule has 4 unspecified atom stereocenters. The lowest BCUT2D eigenvalue weighted by Crippen LogP contribution is -2.58. The molecule has 1 aromatic heterocycles. The van der Waals surface area contributed by atoms with Gasteiger partial charge in [-0.1, -0.05) is 58.0 Å². The highest BCUT2D eigenvalue weighted by Gasteiger charge is 2.31. The molecule has 11 nitrogen and oxygen atoms in total. The number of amides is 3. The van der Waals surface area contributed by atoms with Crippen molar-refractivity contribution >= 4 is 23.7 Å². The molecule has 11 heteroatoms. The van der Waals surface area contributed by atoms with Gasteiger partial charge in [0.2, 0.25) is 17.7 Å². The summed E-state index contributed by atoms with van der Waals surface area (Å²) in [5.41, 5.74) is 7.52. The Morgan fingerprint density at radius 3 is 1.95 bits per heavy atom. The van der Waals surface area contributed by atoms with E-state index in [1.807, 2.05) is 58.0 Å². The number of carbonyl (C=O) groups is 4. The van der Waals surface area contributed by atoms with Gasteiger partial charge in [-0.2, -0.15) is 0 Å². The number of nitrogens with one attached hydrogen (secondary N) is 4. The fourth-order valence-corrected chi connectivity index (χ4v) is 4.00. The molecule has 0 fully saturated rings. The average Bonchev–Trinajstić information content (AvgIpc) is 3.35. The third-order valence-corrected chi connectivity index (χ3v) is 5.91. The Hall–Kier alpha value is -3.73. The number of hydrogen-bond donors (Lipinski definition) is 6. The minimum Gasteiger partial charge on any atom is -0.480 e. The lowest BCUT2D eigenvalue weighted by Gasteiger charge is -2.26. The topological polar surface area (TPSA) is 179 Å². The molecule has 0 bridgehead atoms. The predicted molar refractivity (Wildman–Crippen MR) is 143 cm³/mol. The lowest BCUT2D eigenvalue weighted by molar-refractivity contribution is -0.142. The van der Waals surface area contributed by atoms with E-state index >= 15 is 0 Å². The monoisotopic (exact) mass is 528 g/mol. The van der Waals surface area contributed by atoms with Crippen molar-refractivity contribution in [3.63, 3.8) is 0 Å². The van der Waals surface area contributed by atoms with Gasteiger partial charge in [0.25, 0.3) is 0 Å². The Balaban J connectivity index is 2.19. The molecule has 0 aliphatic heterocycles. The van der Waals surface area contributed by atoms with E-state index in [0.717, 1.165) is 5.56 Å². The van der Waals surface area contributed by atoms with Crippen molar-refractivity contribution in [3.05, 3.63) is 54.1 Å². The molecule has 4 atom stereocenters. The van der Waals surface area contributed by atoms with Gasteiger partial charge in [-0.15, -0.1) is 0 Å². The molecule has 1 aromatic carbocycles. The summed E-state index contributed by atoms with van der Waals surface area (Å²) >= 11 is 0. The first-order valence-corrected chi connectivity index (χ1v) is 12.9. The molecule has 0 saturated heterocycles. The third kappa shape index (κ3) is 10.3. The van der Waals surface area contributed by atoms with Crippen LogP contribution in [0.3, 0.4) is 0 Å². The van der Waals surface area contributed by atoms with E-state index in [0.29, 0.717) is 12.1 Å². The number of aliphatic carboxylic acids is 1. The van der Waals surface area contributed by atoms with Crippen molar-refractivity contribution in [1.29, 1.82) is 0 Å². The largest absolute Gasteiger partial charge is 0.480 e. The van der Waals surface area contributed by atoms with E-state index in [1.54, 1.807) is 6.20 Å². The van der Waals surface area contributed by atoms with Gasteiger partial charge in [0.1, 0.15) is 18.1 Å². The van der Waals surface area contributed by atoms with Crippen molar-refractivity contribution in [1.82, 2.24) is 25.9 Å². The molecular weight excluding hydrogens is 488 g/mol. The van der Waals surface area contributed by atoms with Gasteiger partial charge in [-0.3, -0.25) is 14.4 Å². The van der Waals surface area contributed by atoms with Crippen LogP contribution < -0.4 is 21.7 Å². The predicted octanol–water partition coefficient (Wildman–Crippen LogP) is 1.15. The van der Waals surface area contributed by atoms with Gasteiger partial charge in [-0.05, 0) is 30.2 Å². The molecule has 1 heterocycles. The lowest BCUT2D eigenvalue weighted by atomic mass is 9.99. The number of carboxylic acid groups (broad SMARTS) is 1. The summed E-state index contributed by atoms with van der Waals surface area (Å²) in [7, 11) is 0. The maximum Gasteiger partial charge on any atom is 0.326 e. The van der Waals surface area contributed by atoms with Crippen molar-refractivity contribution in [2.24, 2.45) is 17.6 Å². The first kappa shape index (κ1) is 30.5. The number of carbonyl (C=O) groups excluding carboxylic acids is 3. The van der Waals surface area contributed by atoms with Crippen LogP contribution in [0.4, 0.5) is 0 Å². The van der Waals surface area contributed by atoms with E-state index < -0.39 is 47.9 Å². The molecule has 208 valence electrons. The van der Waals surface area contributed by atoms with E-state index in [1.165, 1.54) is 6.33 Å². The van der Waals surface area contributed by atoms with Crippen LogP contribution >= 0.6 is 0 Å². The number of imidazole rings is 1. The molecule has 2 aromatic rings. The summed E-state index contributed by atoms with van der Waals surface area (Å²) in [5.74, 6) is -2.72. The minimum atomic E-state index is -1.15. The van der Waals surface area contributed by atoms with E-state index in [2.05, 4.69) is 25.9 Å². The van der Waals surface area contributed by atoms with Crippen LogP contribution in [0, 0.1) is 11.8 Å². The second-order valence-electron chi connectivity index (χ2n) is 10.4. The Labute approximate surface area is 223 Å². The number of carboxylic acids is 1. The van der Waals surface area contributed by atoms with Crippen LogP contribution in [0.2, 0.25) is 0 Å². The van der Waals surface area contributed by atoms with Crippen LogP contribution in [0.25, 0.3) is 0 Å². The maximum absolute atomic E-state index is 13.4. The molecule has 38 heavy (non-hydrogen) atoms. The quantitative estimate of drug-likeness (QED) is 0.201. The van der Waals surface area contributed by atoms with Gasteiger partial charge in [0.15, 0.2) is 0 Å². The Morgan fingerprint density at radius 2 is 1.39 bits per heavy atom. The molecule has 0 aliphatic carbocycles. The molecule has 3 amide bonds. The smallest absolute Gasteiger partial charge is 0.326 e. The fourth-order valence-electron chi connectivity index (χ4n) is 4.00. The average molecular weight is 529 g/mol. The third-order valence-electron chi connectivity index (χ3n) is 5.91. The Kier molecular flexibility index (Phi) is 11.9. The highest BCUT2D eigenvalue weighted by Crippen LogP contribution is 2.10. The zero-order chi connectivity index (χ0) is 28.2. The van der Waals surface area contributed by atoms with Crippen LogP contribution in [0.1, 0.15) is 51.8 Å². The molecule has 7 N–H and O–H groups in total. The number of aromatic nitrogens is 2. The SMILES string of the molecule is CC(C)CC(NC(=O)C(Cc1ccccc1)NC(=O)C(CC(C)C)NC(=O)C(N)Cc1cnc[nH]1)C(=O)O. The zero-order valence-electron chi connectivity index (χ0n) is 22.4. The standard InChI is InChI=1S/C27H40N6O5/c1-16(2)10-21(31-24(34)20(28)13-19-14-29-15-30-19)25(35)32-22(12-18-8-6-5-7-9-18)26(36)33-23(27(37)38)11-17(3)4/h5-9,14-17,20-23H,10-13,28H2,1-4H3,(H,29,30)(H,31,34)(H,32,35)(H,33,36)(H,37,38). The number of H-pyrrole nitrogens is 1. The number of benzene rings is 1. The van der Waals surface area contributed by atoms with Gasteiger partial charge >= 0.3 is 5.97 Å². The summed E-state index contributed by atoms with van der Waals surface area (Å²) in [4.78, 5) is 57.9. The maximum atomic E-state index is 13.4. The van der Waals surface area contributed by atoms with Crippen LogP contribution in [-0.2, 0) is 32.0 Å². The molecule has 0 saturated carbocycles. The summed E-state index contributed by atoms with van der Waals surface area (Å²) in [5, 5.41) is 17.6.